The summed E-state index contributed by atoms with van der Waals surface area (Å²) in [7, 11) is -3.68. The maximum Gasteiger partial charge on any atom is 0.309 e. The first-order chi connectivity index (χ1) is 9.78. The third kappa shape index (κ3) is 3.19. The number of anilines is 1. The summed E-state index contributed by atoms with van der Waals surface area (Å²) in [6.07, 6.45) is 1.81. The fourth-order valence-corrected chi connectivity index (χ4v) is 3.27. The molecule has 0 unspecified atom stereocenters. The molecule has 21 heavy (non-hydrogen) atoms. The zero-order chi connectivity index (χ0) is 15.7. The monoisotopic (exact) mass is 312 g/mol. The van der Waals surface area contributed by atoms with Crippen molar-refractivity contribution in [3.63, 3.8) is 0 Å². The first-order valence-electron chi connectivity index (χ1n) is 6.90. The number of nitrogens with zero attached hydrogens (tertiary/aromatic N) is 1. The maximum absolute atomic E-state index is 11.4. The van der Waals surface area contributed by atoms with Crippen molar-refractivity contribution in [3.8, 4) is 0 Å². The van der Waals surface area contributed by atoms with Crippen molar-refractivity contribution in [2.75, 3.05) is 18.0 Å². The summed E-state index contributed by atoms with van der Waals surface area (Å²) < 4.78 is 22.4. The minimum atomic E-state index is -3.68. The number of nitrogens with two attached hydrogens (primary N) is 1. The molecular weight excluding hydrogens is 292 g/mol. The molecule has 1 aromatic carbocycles. The Kier molecular flexibility index (Phi) is 4.25. The SMILES string of the molecule is CCC1(C(=O)O)CCN(c2ccc(S(N)(=O)=O)cc2)CC1. The molecule has 1 aromatic rings. The first kappa shape index (κ1) is 15.8. The van der Waals surface area contributed by atoms with Crippen LogP contribution >= 0.6 is 0 Å². The van der Waals surface area contributed by atoms with Crippen molar-refractivity contribution >= 4 is 21.7 Å². The van der Waals surface area contributed by atoms with E-state index in [9.17, 15) is 18.3 Å². The van der Waals surface area contributed by atoms with E-state index in [1.807, 2.05) is 6.92 Å². The molecule has 0 amide bonds. The van der Waals surface area contributed by atoms with Crippen LogP contribution in [0.5, 0.6) is 0 Å². The van der Waals surface area contributed by atoms with Crippen molar-refractivity contribution in [1.82, 2.24) is 0 Å². The van der Waals surface area contributed by atoms with Gasteiger partial charge in [0.1, 0.15) is 0 Å². The molecular formula is C14H20N2O4S. The van der Waals surface area contributed by atoms with Crippen molar-refractivity contribution < 1.29 is 18.3 Å². The van der Waals surface area contributed by atoms with Gasteiger partial charge >= 0.3 is 5.97 Å². The van der Waals surface area contributed by atoms with Gasteiger partial charge in [-0.25, -0.2) is 13.6 Å². The fraction of sp³-hybridized carbons (Fsp3) is 0.500. The summed E-state index contributed by atoms with van der Waals surface area (Å²) in [5.74, 6) is -0.728. The highest BCUT2D eigenvalue weighted by Crippen LogP contribution is 2.36. The summed E-state index contributed by atoms with van der Waals surface area (Å²) in [5.41, 5.74) is 0.259. The quantitative estimate of drug-likeness (QED) is 0.875. The average molecular weight is 312 g/mol. The number of benzene rings is 1. The zero-order valence-corrected chi connectivity index (χ0v) is 12.8. The van der Waals surface area contributed by atoms with Crippen LogP contribution in [0.25, 0.3) is 0 Å². The number of sulfonamides is 1. The minimum Gasteiger partial charge on any atom is -0.481 e. The number of carboxylic acids is 1. The highest BCUT2D eigenvalue weighted by atomic mass is 32.2. The smallest absolute Gasteiger partial charge is 0.309 e. The van der Waals surface area contributed by atoms with Crippen LogP contribution in [0.1, 0.15) is 26.2 Å². The molecule has 116 valence electrons. The van der Waals surface area contributed by atoms with Gasteiger partial charge in [0, 0.05) is 18.8 Å². The predicted molar refractivity (Wildman–Crippen MR) is 79.6 cm³/mol. The lowest BCUT2D eigenvalue weighted by atomic mass is 9.76. The normalized spacial score (nSPS) is 18.5. The Hall–Kier alpha value is -1.60. The molecule has 0 spiro atoms. The van der Waals surface area contributed by atoms with Gasteiger partial charge in [-0.2, -0.15) is 0 Å². The summed E-state index contributed by atoms with van der Waals surface area (Å²) >= 11 is 0. The standard InChI is InChI=1S/C14H20N2O4S/c1-2-14(13(17)18)7-9-16(10-8-14)11-3-5-12(6-4-11)21(15,19)20/h3-6H,2,7-10H2,1H3,(H,17,18)(H2,15,19,20). The maximum atomic E-state index is 11.4. The van der Waals surface area contributed by atoms with Gasteiger partial charge in [0.25, 0.3) is 0 Å². The van der Waals surface area contributed by atoms with E-state index in [0.717, 1.165) is 5.69 Å². The van der Waals surface area contributed by atoms with Crippen LogP contribution in [-0.4, -0.2) is 32.6 Å². The molecule has 1 aliphatic heterocycles. The number of carboxylic acid groups (broad SMARTS) is 1. The number of piperidine rings is 1. The molecule has 0 bridgehead atoms. The Balaban J connectivity index is 2.11. The van der Waals surface area contributed by atoms with Crippen LogP contribution in [0.3, 0.4) is 0 Å². The lowest BCUT2D eigenvalue weighted by Gasteiger charge is -2.39. The molecule has 0 aromatic heterocycles. The van der Waals surface area contributed by atoms with E-state index in [1.165, 1.54) is 12.1 Å². The van der Waals surface area contributed by atoms with Gasteiger partial charge < -0.3 is 10.0 Å². The minimum absolute atomic E-state index is 0.0803. The van der Waals surface area contributed by atoms with Crippen molar-refractivity contribution in [2.24, 2.45) is 10.6 Å². The second-order valence-electron chi connectivity index (χ2n) is 5.46. The third-order valence-electron chi connectivity index (χ3n) is 4.38. The molecule has 1 heterocycles. The van der Waals surface area contributed by atoms with E-state index in [1.54, 1.807) is 12.1 Å². The Morgan fingerprint density at radius 1 is 1.29 bits per heavy atom. The number of aliphatic carboxylic acids is 1. The Morgan fingerprint density at radius 2 is 1.81 bits per heavy atom. The number of primary sulfonamides is 1. The number of rotatable bonds is 4. The van der Waals surface area contributed by atoms with Gasteiger partial charge in [-0.3, -0.25) is 4.79 Å². The second-order valence-corrected chi connectivity index (χ2v) is 7.03. The van der Waals surface area contributed by atoms with E-state index in [0.29, 0.717) is 32.4 Å². The molecule has 0 radical (unpaired) electrons. The van der Waals surface area contributed by atoms with E-state index in [2.05, 4.69) is 4.90 Å². The van der Waals surface area contributed by atoms with Crippen LogP contribution in [0, 0.1) is 5.41 Å². The molecule has 0 saturated carbocycles. The number of carbonyl (C=O) groups is 1. The highest BCUT2D eigenvalue weighted by molar-refractivity contribution is 7.89. The van der Waals surface area contributed by atoms with Gasteiger partial charge in [-0.05, 0) is 43.5 Å². The molecule has 0 atom stereocenters. The van der Waals surface area contributed by atoms with Crippen molar-refractivity contribution in [1.29, 1.82) is 0 Å². The van der Waals surface area contributed by atoms with Gasteiger partial charge in [0.2, 0.25) is 10.0 Å². The van der Waals surface area contributed by atoms with Crippen LogP contribution in [0.2, 0.25) is 0 Å². The van der Waals surface area contributed by atoms with Crippen LogP contribution in [0.4, 0.5) is 5.69 Å². The van der Waals surface area contributed by atoms with Crippen LogP contribution < -0.4 is 10.0 Å². The van der Waals surface area contributed by atoms with Crippen molar-refractivity contribution in [3.05, 3.63) is 24.3 Å². The topological polar surface area (TPSA) is 101 Å². The molecule has 1 aliphatic rings. The zero-order valence-electron chi connectivity index (χ0n) is 11.9. The summed E-state index contributed by atoms with van der Waals surface area (Å²) in [6.45, 7) is 3.20. The van der Waals surface area contributed by atoms with E-state index < -0.39 is 21.4 Å². The summed E-state index contributed by atoms with van der Waals surface area (Å²) in [5, 5.41) is 14.4. The summed E-state index contributed by atoms with van der Waals surface area (Å²) in [4.78, 5) is 13.6. The van der Waals surface area contributed by atoms with Gasteiger partial charge in [0.05, 0.1) is 10.3 Å². The molecule has 6 nitrogen and oxygen atoms in total. The van der Waals surface area contributed by atoms with Crippen LogP contribution in [-0.2, 0) is 14.8 Å². The number of hydrogen-bond donors (Lipinski definition) is 2. The van der Waals surface area contributed by atoms with E-state index in [4.69, 9.17) is 5.14 Å². The fourth-order valence-electron chi connectivity index (χ4n) is 2.76. The molecule has 1 saturated heterocycles. The Bertz CT molecular complexity index is 617. The Morgan fingerprint density at radius 3 is 2.19 bits per heavy atom. The molecule has 3 N–H and O–H groups in total. The van der Waals surface area contributed by atoms with Crippen molar-refractivity contribution in [2.45, 2.75) is 31.1 Å². The molecule has 1 fully saturated rings. The lowest BCUT2D eigenvalue weighted by Crippen LogP contribution is -2.44. The number of hydrogen-bond acceptors (Lipinski definition) is 4. The van der Waals surface area contributed by atoms with Gasteiger partial charge in [-0.1, -0.05) is 6.92 Å². The van der Waals surface area contributed by atoms with Gasteiger partial charge in [-0.15, -0.1) is 0 Å². The lowest BCUT2D eigenvalue weighted by molar-refractivity contribution is -0.150. The summed E-state index contributed by atoms with van der Waals surface area (Å²) in [6, 6.07) is 6.37. The molecule has 7 heteroatoms. The first-order valence-corrected chi connectivity index (χ1v) is 8.44. The average Bonchev–Trinajstić information content (AvgIpc) is 2.46. The second kappa shape index (κ2) is 5.65. The molecule has 2 rings (SSSR count). The highest BCUT2D eigenvalue weighted by Gasteiger charge is 2.39. The Labute approximate surface area is 124 Å². The predicted octanol–water partition coefficient (Wildman–Crippen LogP) is 1.42. The van der Waals surface area contributed by atoms with Crippen LogP contribution in [0.15, 0.2) is 29.2 Å². The van der Waals surface area contributed by atoms with Gasteiger partial charge in [0.15, 0.2) is 0 Å². The molecule has 0 aliphatic carbocycles. The van der Waals surface area contributed by atoms with E-state index in [-0.39, 0.29) is 4.90 Å². The largest absolute Gasteiger partial charge is 0.481 e. The third-order valence-corrected chi connectivity index (χ3v) is 5.31. The van der Waals surface area contributed by atoms with E-state index >= 15 is 0 Å².